The summed E-state index contributed by atoms with van der Waals surface area (Å²) >= 11 is 1.67. The van der Waals surface area contributed by atoms with Gasteiger partial charge in [0, 0.05) is 50.0 Å². The van der Waals surface area contributed by atoms with Crippen molar-refractivity contribution in [2.45, 2.75) is 19.9 Å². The Morgan fingerprint density at radius 3 is 2.76 bits per heavy atom. The van der Waals surface area contributed by atoms with Crippen LogP contribution in [0.25, 0.3) is 0 Å². The van der Waals surface area contributed by atoms with Gasteiger partial charge in [-0.15, -0.1) is 11.3 Å². The molecule has 0 amide bonds. The minimum absolute atomic E-state index is 0.527. The van der Waals surface area contributed by atoms with E-state index < -0.39 is 0 Å². The highest BCUT2D eigenvalue weighted by Crippen LogP contribution is 2.18. The lowest BCUT2D eigenvalue weighted by molar-refractivity contribution is 0.305. The number of aliphatic imine (C=N–C) groups is 1. The number of pyridine rings is 1. The highest BCUT2D eigenvalue weighted by Gasteiger charge is 2.19. The second-order valence-corrected chi connectivity index (χ2v) is 6.69. The molecule has 2 aromatic rings. The van der Waals surface area contributed by atoms with Crippen molar-refractivity contribution in [1.29, 1.82) is 0 Å². The molecule has 7 nitrogen and oxygen atoms in total. The van der Waals surface area contributed by atoms with Gasteiger partial charge in [-0.05, 0) is 12.0 Å². The van der Waals surface area contributed by atoms with Gasteiger partial charge in [0.1, 0.15) is 0 Å². The second-order valence-electron chi connectivity index (χ2n) is 5.82. The van der Waals surface area contributed by atoms with Crippen LogP contribution in [-0.2, 0) is 6.54 Å². The molecule has 1 aliphatic rings. The molecule has 0 saturated carbocycles. The Kier molecular flexibility index (Phi) is 6.05. The summed E-state index contributed by atoms with van der Waals surface area (Å²) in [6.07, 6.45) is 4.61. The zero-order chi connectivity index (χ0) is 17.5. The Labute approximate surface area is 152 Å². The van der Waals surface area contributed by atoms with E-state index in [9.17, 15) is 0 Å². The van der Waals surface area contributed by atoms with E-state index >= 15 is 0 Å². The summed E-state index contributed by atoms with van der Waals surface area (Å²) < 4.78 is 5.48. The molecule has 1 fully saturated rings. The van der Waals surface area contributed by atoms with E-state index in [1.807, 2.05) is 23.7 Å². The van der Waals surface area contributed by atoms with E-state index in [-0.39, 0.29) is 0 Å². The number of nitrogens with zero attached hydrogens (tertiary/aromatic N) is 5. The minimum Gasteiger partial charge on any atom is -0.478 e. The van der Waals surface area contributed by atoms with Crippen molar-refractivity contribution in [2.24, 2.45) is 10.7 Å². The maximum atomic E-state index is 6.16. The number of hydrogen-bond donors (Lipinski definition) is 1. The number of piperazine rings is 1. The normalized spacial score (nSPS) is 15.5. The van der Waals surface area contributed by atoms with Crippen molar-refractivity contribution >= 4 is 22.4 Å². The molecule has 1 saturated heterocycles. The number of thiazole rings is 1. The average Bonchev–Trinajstić information content (AvgIpc) is 3.20. The predicted molar refractivity (Wildman–Crippen MR) is 101 cm³/mol. The van der Waals surface area contributed by atoms with Crippen LogP contribution in [0.5, 0.6) is 5.88 Å². The quantitative estimate of drug-likeness (QED) is 0.627. The topological polar surface area (TPSA) is 79.9 Å². The number of ether oxygens (including phenoxy) is 1. The number of hydrogen-bond acceptors (Lipinski definition) is 6. The van der Waals surface area contributed by atoms with Gasteiger partial charge in [-0.1, -0.05) is 13.0 Å². The molecule has 1 aliphatic heterocycles. The van der Waals surface area contributed by atoms with Crippen LogP contribution in [0.4, 0.5) is 5.13 Å². The SMILES string of the molecule is CCCOc1ccc(CN=C(N)N2CCN(c3nccs3)CC2)cn1. The van der Waals surface area contributed by atoms with Crippen molar-refractivity contribution in [3.8, 4) is 5.88 Å². The van der Waals surface area contributed by atoms with Crippen molar-refractivity contribution in [3.05, 3.63) is 35.5 Å². The number of rotatable bonds is 6. The smallest absolute Gasteiger partial charge is 0.213 e. The Hall–Kier alpha value is -2.35. The van der Waals surface area contributed by atoms with Gasteiger partial charge in [-0.2, -0.15) is 0 Å². The zero-order valence-electron chi connectivity index (χ0n) is 14.5. The van der Waals surface area contributed by atoms with Crippen molar-refractivity contribution in [3.63, 3.8) is 0 Å². The van der Waals surface area contributed by atoms with Gasteiger partial charge in [0.05, 0.1) is 13.2 Å². The van der Waals surface area contributed by atoms with E-state index in [4.69, 9.17) is 10.5 Å². The maximum Gasteiger partial charge on any atom is 0.213 e. The molecule has 0 unspecified atom stereocenters. The highest BCUT2D eigenvalue weighted by atomic mass is 32.1. The molecule has 0 aliphatic carbocycles. The lowest BCUT2D eigenvalue weighted by Gasteiger charge is -2.35. The van der Waals surface area contributed by atoms with Gasteiger partial charge < -0.3 is 20.3 Å². The minimum atomic E-state index is 0.527. The third-order valence-electron chi connectivity index (χ3n) is 3.97. The summed E-state index contributed by atoms with van der Waals surface area (Å²) in [7, 11) is 0. The number of guanidine groups is 1. The molecule has 2 aromatic heterocycles. The number of aromatic nitrogens is 2. The standard InChI is InChI=1S/C17H24N6OS/c1-2-10-24-15-4-3-14(12-20-15)13-21-16(18)22-6-8-23(9-7-22)17-19-5-11-25-17/h3-5,11-12H,2,6-10,13H2,1H3,(H2,18,21). The van der Waals surface area contributed by atoms with Gasteiger partial charge in [0.25, 0.3) is 0 Å². The van der Waals surface area contributed by atoms with Crippen molar-refractivity contribution < 1.29 is 4.74 Å². The van der Waals surface area contributed by atoms with Crippen LogP contribution in [0.3, 0.4) is 0 Å². The summed E-state index contributed by atoms with van der Waals surface area (Å²) in [5.41, 5.74) is 7.18. The van der Waals surface area contributed by atoms with Crippen LogP contribution >= 0.6 is 11.3 Å². The van der Waals surface area contributed by atoms with E-state index in [1.165, 1.54) is 0 Å². The fourth-order valence-electron chi connectivity index (χ4n) is 2.57. The molecular formula is C17H24N6OS. The second kappa shape index (κ2) is 8.66. The average molecular weight is 360 g/mol. The monoisotopic (exact) mass is 360 g/mol. The van der Waals surface area contributed by atoms with Crippen LogP contribution in [0.1, 0.15) is 18.9 Å². The Balaban J connectivity index is 1.49. The maximum absolute atomic E-state index is 6.16. The third kappa shape index (κ3) is 4.82. The van der Waals surface area contributed by atoms with Gasteiger partial charge >= 0.3 is 0 Å². The first-order valence-corrected chi connectivity index (χ1v) is 9.41. The van der Waals surface area contributed by atoms with E-state index in [0.29, 0.717) is 25.0 Å². The summed E-state index contributed by atoms with van der Waals surface area (Å²) in [4.78, 5) is 17.6. The van der Waals surface area contributed by atoms with E-state index in [2.05, 4.69) is 31.7 Å². The molecule has 3 heterocycles. The molecule has 0 radical (unpaired) electrons. The highest BCUT2D eigenvalue weighted by molar-refractivity contribution is 7.13. The fraction of sp³-hybridized carbons (Fsp3) is 0.471. The summed E-state index contributed by atoms with van der Waals surface area (Å²) in [5.74, 6) is 1.24. The Morgan fingerprint density at radius 1 is 1.28 bits per heavy atom. The van der Waals surface area contributed by atoms with Crippen LogP contribution in [0, 0.1) is 0 Å². The largest absolute Gasteiger partial charge is 0.478 e. The molecule has 3 rings (SSSR count). The molecule has 0 atom stereocenters. The van der Waals surface area contributed by atoms with Crippen LogP contribution in [0.15, 0.2) is 34.9 Å². The Bertz CT molecular complexity index is 665. The third-order valence-corrected chi connectivity index (χ3v) is 4.80. The van der Waals surface area contributed by atoms with E-state index in [0.717, 1.165) is 43.3 Å². The lowest BCUT2D eigenvalue weighted by Crippen LogP contribution is -2.51. The molecular weight excluding hydrogens is 336 g/mol. The number of nitrogens with two attached hydrogens (primary N) is 1. The first-order chi connectivity index (χ1) is 12.3. The molecule has 25 heavy (non-hydrogen) atoms. The van der Waals surface area contributed by atoms with Gasteiger partial charge in [0.2, 0.25) is 5.88 Å². The predicted octanol–water partition coefficient (Wildman–Crippen LogP) is 1.96. The molecule has 2 N–H and O–H groups in total. The van der Waals surface area contributed by atoms with Crippen molar-refractivity contribution in [2.75, 3.05) is 37.7 Å². The van der Waals surface area contributed by atoms with Gasteiger partial charge in [-0.3, -0.25) is 0 Å². The zero-order valence-corrected chi connectivity index (χ0v) is 15.3. The lowest BCUT2D eigenvalue weighted by atomic mass is 10.3. The molecule has 0 spiro atoms. The first kappa shape index (κ1) is 17.5. The van der Waals surface area contributed by atoms with Crippen molar-refractivity contribution in [1.82, 2.24) is 14.9 Å². The van der Waals surface area contributed by atoms with Gasteiger partial charge in [-0.25, -0.2) is 15.0 Å². The fourth-order valence-corrected chi connectivity index (χ4v) is 3.26. The first-order valence-electron chi connectivity index (χ1n) is 8.53. The van der Waals surface area contributed by atoms with Crippen LogP contribution in [-0.4, -0.2) is 53.6 Å². The molecule has 0 bridgehead atoms. The van der Waals surface area contributed by atoms with Crippen LogP contribution < -0.4 is 15.4 Å². The van der Waals surface area contributed by atoms with Crippen LogP contribution in [0.2, 0.25) is 0 Å². The molecule has 8 heteroatoms. The molecule has 0 aromatic carbocycles. The number of anilines is 1. The van der Waals surface area contributed by atoms with E-state index in [1.54, 1.807) is 17.5 Å². The van der Waals surface area contributed by atoms with Gasteiger partial charge in [0.15, 0.2) is 11.1 Å². The Morgan fingerprint density at radius 2 is 2.12 bits per heavy atom. The summed E-state index contributed by atoms with van der Waals surface area (Å²) in [5, 5.41) is 3.08. The summed E-state index contributed by atoms with van der Waals surface area (Å²) in [6, 6.07) is 3.86. The summed E-state index contributed by atoms with van der Waals surface area (Å²) in [6.45, 7) is 6.82. The molecule has 134 valence electrons.